The van der Waals surface area contributed by atoms with Gasteiger partial charge >= 0.3 is 0 Å². The third-order valence-corrected chi connectivity index (χ3v) is 6.38. The number of ether oxygens (including phenoxy) is 1. The van der Waals surface area contributed by atoms with Crippen LogP contribution in [0.15, 0.2) is 54.6 Å². The first kappa shape index (κ1) is 20.2. The molecule has 0 bridgehead atoms. The summed E-state index contributed by atoms with van der Waals surface area (Å²) in [5, 5.41) is 6.32. The number of para-hydroxylation sites is 1. The molecule has 0 radical (unpaired) electrons. The van der Waals surface area contributed by atoms with E-state index < -0.39 is 0 Å². The number of thiophene rings is 1. The average Bonchev–Trinajstić information content (AvgIpc) is 2.94. The van der Waals surface area contributed by atoms with Crippen molar-refractivity contribution >= 4 is 28.2 Å². The molecule has 0 saturated heterocycles. The van der Waals surface area contributed by atoms with Crippen LogP contribution in [0.5, 0.6) is 11.5 Å². The third-order valence-electron chi connectivity index (χ3n) is 5.18. The summed E-state index contributed by atoms with van der Waals surface area (Å²) in [7, 11) is 1.62. The number of hydrogen-bond donors (Lipinski definition) is 2. The Hall–Kier alpha value is -3.12. The Morgan fingerprint density at radius 3 is 2.47 bits per heavy atom. The number of amides is 2. The summed E-state index contributed by atoms with van der Waals surface area (Å²) in [4.78, 5) is 26.8. The fourth-order valence-electron chi connectivity index (χ4n) is 3.70. The van der Waals surface area contributed by atoms with Crippen LogP contribution in [0.4, 0.5) is 5.00 Å². The Labute approximate surface area is 180 Å². The quantitative estimate of drug-likeness (QED) is 0.542. The molecule has 2 amide bonds. The highest BCUT2D eigenvalue weighted by Crippen LogP contribution is 2.37. The van der Waals surface area contributed by atoms with Crippen molar-refractivity contribution in [1.29, 1.82) is 0 Å². The van der Waals surface area contributed by atoms with E-state index >= 15 is 0 Å². The van der Waals surface area contributed by atoms with E-state index in [0.717, 1.165) is 31.2 Å². The molecule has 1 aromatic heterocycles. The van der Waals surface area contributed by atoms with Crippen LogP contribution in [0.1, 0.15) is 50.4 Å². The van der Waals surface area contributed by atoms with Crippen molar-refractivity contribution in [3.63, 3.8) is 0 Å². The van der Waals surface area contributed by atoms with E-state index in [1.807, 2.05) is 36.4 Å². The molecule has 154 valence electrons. The lowest BCUT2D eigenvalue weighted by Crippen LogP contribution is -2.21. The van der Waals surface area contributed by atoms with Crippen LogP contribution in [0.25, 0.3) is 0 Å². The van der Waals surface area contributed by atoms with E-state index in [-0.39, 0.29) is 11.8 Å². The number of aryl methyl sites for hydroxylation is 1. The van der Waals surface area contributed by atoms with Gasteiger partial charge in [0.2, 0.25) is 0 Å². The minimum absolute atomic E-state index is 0.147. The van der Waals surface area contributed by atoms with E-state index in [2.05, 4.69) is 10.6 Å². The van der Waals surface area contributed by atoms with Gasteiger partial charge in [-0.25, -0.2) is 0 Å². The van der Waals surface area contributed by atoms with Gasteiger partial charge in [-0.05, 0) is 61.6 Å². The molecule has 2 N–H and O–H groups in total. The number of benzene rings is 2. The highest BCUT2D eigenvalue weighted by molar-refractivity contribution is 7.17. The standard InChI is InChI=1S/C24H24N2O3S/c1-25-23(28)21-19-13-6-3-7-14-20(19)30-24(21)26-22(27)16-9-8-12-18(15-16)29-17-10-4-2-5-11-17/h2,4-5,8-12,15H,3,6-7,13-14H2,1H3,(H,25,28)(H,26,27). The second kappa shape index (κ2) is 9.13. The lowest BCUT2D eigenvalue weighted by molar-refractivity contribution is 0.0963. The molecule has 0 atom stereocenters. The van der Waals surface area contributed by atoms with Gasteiger partial charge in [-0.2, -0.15) is 0 Å². The van der Waals surface area contributed by atoms with Gasteiger partial charge < -0.3 is 15.4 Å². The second-order valence-corrected chi connectivity index (χ2v) is 8.35. The Bertz CT molecular complexity index is 1060. The van der Waals surface area contributed by atoms with Crippen LogP contribution in [-0.2, 0) is 12.8 Å². The maximum absolute atomic E-state index is 13.0. The summed E-state index contributed by atoms with van der Waals surface area (Å²) < 4.78 is 5.84. The first-order valence-corrected chi connectivity index (χ1v) is 11.0. The van der Waals surface area contributed by atoms with Gasteiger partial charge in [-0.1, -0.05) is 30.7 Å². The van der Waals surface area contributed by atoms with Gasteiger partial charge in [-0.3, -0.25) is 9.59 Å². The van der Waals surface area contributed by atoms with Crippen molar-refractivity contribution in [2.24, 2.45) is 0 Å². The number of carbonyl (C=O) groups excluding carboxylic acids is 2. The topological polar surface area (TPSA) is 67.4 Å². The predicted octanol–water partition coefficient (Wildman–Crippen LogP) is 5.42. The van der Waals surface area contributed by atoms with Crippen molar-refractivity contribution in [3.05, 3.63) is 76.2 Å². The Kier molecular flexibility index (Phi) is 6.14. The summed E-state index contributed by atoms with van der Waals surface area (Å²) in [6.07, 6.45) is 5.20. The molecule has 0 spiro atoms. The molecule has 1 aliphatic carbocycles. The lowest BCUT2D eigenvalue weighted by atomic mass is 10.0. The zero-order valence-corrected chi connectivity index (χ0v) is 17.7. The number of rotatable bonds is 5. The van der Waals surface area contributed by atoms with E-state index in [9.17, 15) is 9.59 Å². The van der Waals surface area contributed by atoms with Crippen LogP contribution >= 0.6 is 11.3 Å². The molecule has 5 nitrogen and oxygen atoms in total. The SMILES string of the molecule is CNC(=O)c1c(NC(=O)c2cccc(Oc3ccccc3)c2)sc2c1CCCCC2. The number of hydrogen-bond acceptors (Lipinski definition) is 4. The van der Waals surface area contributed by atoms with Gasteiger partial charge in [0.05, 0.1) is 5.56 Å². The molecule has 0 saturated carbocycles. The summed E-state index contributed by atoms with van der Waals surface area (Å²) in [6.45, 7) is 0. The van der Waals surface area contributed by atoms with Crippen LogP contribution < -0.4 is 15.4 Å². The second-order valence-electron chi connectivity index (χ2n) is 7.24. The zero-order chi connectivity index (χ0) is 20.9. The molecule has 2 aromatic carbocycles. The molecule has 1 heterocycles. The maximum atomic E-state index is 13.0. The summed E-state index contributed by atoms with van der Waals surface area (Å²) >= 11 is 1.52. The van der Waals surface area contributed by atoms with Crippen molar-refractivity contribution in [2.75, 3.05) is 12.4 Å². The minimum Gasteiger partial charge on any atom is -0.457 e. The molecular weight excluding hydrogens is 396 g/mol. The van der Waals surface area contributed by atoms with Gasteiger partial charge in [-0.15, -0.1) is 11.3 Å². The molecule has 3 aromatic rings. The number of fused-ring (bicyclic) bond motifs is 1. The van der Waals surface area contributed by atoms with Crippen LogP contribution in [0, 0.1) is 0 Å². The first-order valence-electron chi connectivity index (χ1n) is 10.2. The molecule has 0 unspecified atom stereocenters. The van der Waals surface area contributed by atoms with Crippen molar-refractivity contribution in [1.82, 2.24) is 5.32 Å². The number of anilines is 1. The van der Waals surface area contributed by atoms with E-state index in [4.69, 9.17) is 4.74 Å². The molecule has 4 rings (SSSR count). The normalized spacial score (nSPS) is 13.1. The molecule has 0 fully saturated rings. The lowest BCUT2D eigenvalue weighted by Gasteiger charge is -2.10. The summed E-state index contributed by atoms with van der Waals surface area (Å²) in [5.74, 6) is 0.891. The fraction of sp³-hybridized carbons (Fsp3) is 0.250. The highest BCUT2D eigenvalue weighted by Gasteiger charge is 2.25. The smallest absolute Gasteiger partial charge is 0.256 e. The predicted molar refractivity (Wildman–Crippen MR) is 120 cm³/mol. The number of carbonyl (C=O) groups is 2. The highest BCUT2D eigenvalue weighted by atomic mass is 32.1. The molecule has 30 heavy (non-hydrogen) atoms. The van der Waals surface area contributed by atoms with Gasteiger partial charge in [0, 0.05) is 17.5 Å². The van der Waals surface area contributed by atoms with Crippen LogP contribution in [-0.4, -0.2) is 18.9 Å². The molecule has 0 aliphatic heterocycles. The summed E-state index contributed by atoms with van der Waals surface area (Å²) in [5.41, 5.74) is 2.19. The Morgan fingerprint density at radius 1 is 0.900 bits per heavy atom. The largest absolute Gasteiger partial charge is 0.457 e. The number of nitrogens with one attached hydrogen (secondary N) is 2. The van der Waals surface area contributed by atoms with Gasteiger partial charge in [0.25, 0.3) is 11.8 Å². The van der Waals surface area contributed by atoms with Crippen molar-refractivity contribution in [3.8, 4) is 11.5 Å². The van der Waals surface area contributed by atoms with Gasteiger partial charge in [0.15, 0.2) is 0 Å². The van der Waals surface area contributed by atoms with E-state index in [0.29, 0.717) is 27.6 Å². The summed E-state index contributed by atoms with van der Waals surface area (Å²) in [6, 6.07) is 16.5. The van der Waals surface area contributed by atoms with Crippen molar-refractivity contribution < 1.29 is 14.3 Å². The molecule has 1 aliphatic rings. The molecular formula is C24H24N2O3S. The Balaban J connectivity index is 1.58. The van der Waals surface area contributed by atoms with Crippen LogP contribution in [0.3, 0.4) is 0 Å². The van der Waals surface area contributed by atoms with E-state index in [1.165, 1.54) is 22.6 Å². The third kappa shape index (κ3) is 4.39. The average molecular weight is 421 g/mol. The monoisotopic (exact) mass is 420 g/mol. The van der Waals surface area contributed by atoms with Crippen molar-refractivity contribution in [2.45, 2.75) is 32.1 Å². The minimum atomic E-state index is -0.255. The maximum Gasteiger partial charge on any atom is 0.256 e. The Morgan fingerprint density at radius 2 is 1.67 bits per heavy atom. The fourth-order valence-corrected chi connectivity index (χ4v) is 4.98. The zero-order valence-electron chi connectivity index (χ0n) is 16.9. The van der Waals surface area contributed by atoms with Crippen LogP contribution in [0.2, 0.25) is 0 Å². The van der Waals surface area contributed by atoms with E-state index in [1.54, 1.807) is 25.2 Å². The first-order chi connectivity index (χ1) is 14.7. The van der Waals surface area contributed by atoms with Gasteiger partial charge in [0.1, 0.15) is 16.5 Å². The molecule has 6 heteroatoms.